The number of hydrogen-bond acceptors (Lipinski definition) is 4. The first-order valence-electron chi connectivity index (χ1n) is 9.51. The quantitative estimate of drug-likeness (QED) is 0.821. The molecule has 5 nitrogen and oxygen atoms in total. The van der Waals surface area contributed by atoms with Gasteiger partial charge in [0.2, 0.25) is 5.91 Å². The van der Waals surface area contributed by atoms with Crippen LogP contribution in [0.1, 0.15) is 31.2 Å². The first-order chi connectivity index (χ1) is 12.3. The van der Waals surface area contributed by atoms with Crippen molar-refractivity contribution in [3.05, 3.63) is 35.9 Å². The summed E-state index contributed by atoms with van der Waals surface area (Å²) in [4.78, 5) is 15.3. The third-order valence-electron chi connectivity index (χ3n) is 5.44. The number of rotatable bonds is 7. The topological polar surface area (TPSA) is 50.8 Å². The highest BCUT2D eigenvalue weighted by molar-refractivity contribution is 5.83. The lowest BCUT2D eigenvalue weighted by atomic mass is 9.94. The van der Waals surface area contributed by atoms with Crippen LogP contribution in [0.2, 0.25) is 0 Å². The van der Waals surface area contributed by atoms with Gasteiger partial charge in [0.05, 0.1) is 25.7 Å². The molecule has 1 amide bonds. The molecule has 0 aromatic heterocycles. The molecule has 3 rings (SSSR count). The van der Waals surface area contributed by atoms with Crippen LogP contribution in [-0.2, 0) is 14.3 Å². The van der Waals surface area contributed by atoms with E-state index in [4.69, 9.17) is 9.47 Å². The summed E-state index contributed by atoms with van der Waals surface area (Å²) in [5, 5.41) is 3.23. The normalized spacial score (nSPS) is 24.0. The van der Waals surface area contributed by atoms with E-state index in [2.05, 4.69) is 17.1 Å². The maximum absolute atomic E-state index is 12.8. The second-order valence-electron chi connectivity index (χ2n) is 6.96. The highest BCUT2D eigenvalue weighted by Gasteiger charge is 2.32. The zero-order valence-electron chi connectivity index (χ0n) is 15.2. The maximum atomic E-state index is 12.8. The number of morpholine rings is 1. The average Bonchev–Trinajstić information content (AvgIpc) is 3.19. The lowest BCUT2D eigenvalue weighted by Gasteiger charge is -2.37. The Hall–Kier alpha value is -1.43. The highest BCUT2D eigenvalue weighted by Crippen LogP contribution is 2.23. The third kappa shape index (κ3) is 4.81. The van der Waals surface area contributed by atoms with Crippen LogP contribution >= 0.6 is 0 Å². The molecule has 2 saturated heterocycles. The van der Waals surface area contributed by atoms with E-state index in [1.54, 1.807) is 0 Å². The number of hydrogen-bond donors (Lipinski definition) is 1. The van der Waals surface area contributed by atoms with Crippen molar-refractivity contribution in [2.24, 2.45) is 5.92 Å². The van der Waals surface area contributed by atoms with Crippen molar-refractivity contribution in [1.29, 1.82) is 0 Å². The molecule has 0 bridgehead atoms. The number of ether oxygens (including phenoxy) is 2. The maximum Gasteiger partial charge on any atom is 0.227 e. The van der Waals surface area contributed by atoms with Gasteiger partial charge in [0.1, 0.15) is 0 Å². The number of amides is 1. The molecule has 3 unspecified atom stereocenters. The number of benzene rings is 1. The number of nitrogens with one attached hydrogen (secondary N) is 1. The van der Waals surface area contributed by atoms with Crippen LogP contribution in [0.5, 0.6) is 0 Å². The first kappa shape index (κ1) is 18.4. The van der Waals surface area contributed by atoms with Crippen molar-refractivity contribution >= 4 is 5.91 Å². The van der Waals surface area contributed by atoms with E-state index in [9.17, 15) is 4.79 Å². The summed E-state index contributed by atoms with van der Waals surface area (Å²) in [6.45, 7) is 7.83. The lowest BCUT2D eigenvalue weighted by molar-refractivity contribution is -0.123. The predicted octanol–water partition coefficient (Wildman–Crippen LogP) is 2.03. The summed E-state index contributed by atoms with van der Waals surface area (Å²) in [5.41, 5.74) is 1.09. The van der Waals surface area contributed by atoms with Gasteiger partial charge < -0.3 is 14.8 Å². The lowest BCUT2D eigenvalue weighted by Crippen LogP contribution is -2.52. The van der Waals surface area contributed by atoms with Gasteiger partial charge in [0, 0.05) is 38.2 Å². The third-order valence-corrected chi connectivity index (χ3v) is 5.44. The molecule has 0 spiro atoms. The van der Waals surface area contributed by atoms with Crippen molar-refractivity contribution in [1.82, 2.24) is 10.2 Å². The second kappa shape index (κ2) is 9.32. The molecule has 0 radical (unpaired) electrons. The average molecular weight is 346 g/mol. The summed E-state index contributed by atoms with van der Waals surface area (Å²) in [6.07, 6.45) is 1.89. The zero-order chi connectivity index (χ0) is 17.5. The fourth-order valence-electron chi connectivity index (χ4n) is 3.95. The minimum atomic E-state index is -0.0774. The van der Waals surface area contributed by atoms with Crippen molar-refractivity contribution in [2.45, 2.75) is 31.7 Å². The molecule has 0 saturated carbocycles. The van der Waals surface area contributed by atoms with Crippen molar-refractivity contribution < 1.29 is 14.3 Å². The second-order valence-corrected chi connectivity index (χ2v) is 6.96. The van der Waals surface area contributed by atoms with E-state index in [1.165, 1.54) is 0 Å². The van der Waals surface area contributed by atoms with Crippen molar-refractivity contribution in [2.75, 3.05) is 46.1 Å². The Morgan fingerprint density at radius 1 is 1.20 bits per heavy atom. The van der Waals surface area contributed by atoms with Gasteiger partial charge in [-0.2, -0.15) is 0 Å². The fourth-order valence-corrected chi connectivity index (χ4v) is 3.95. The van der Waals surface area contributed by atoms with Gasteiger partial charge in [-0.15, -0.1) is 0 Å². The first-order valence-corrected chi connectivity index (χ1v) is 9.51. The molecule has 2 heterocycles. The molecule has 2 aliphatic rings. The summed E-state index contributed by atoms with van der Waals surface area (Å²) >= 11 is 0. The van der Waals surface area contributed by atoms with Gasteiger partial charge in [-0.25, -0.2) is 0 Å². The van der Waals surface area contributed by atoms with E-state index in [0.717, 1.165) is 57.9 Å². The van der Waals surface area contributed by atoms with Gasteiger partial charge >= 0.3 is 0 Å². The van der Waals surface area contributed by atoms with Crippen LogP contribution in [0, 0.1) is 5.92 Å². The van der Waals surface area contributed by atoms with E-state index < -0.39 is 0 Å². The zero-order valence-corrected chi connectivity index (χ0v) is 15.2. The van der Waals surface area contributed by atoms with Gasteiger partial charge in [0.25, 0.3) is 0 Å². The van der Waals surface area contributed by atoms with E-state index in [1.807, 2.05) is 30.3 Å². The monoisotopic (exact) mass is 346 g/mol. The molecule has 1 aromatic carbocycles. The molecular weight excluding hydrogens is 316 g/mol. The smallest absolute Gasteiger partial charge is 0.227 e. The van der Waals surface area contributed by atoms with Gasteiger partial charge in [0.15, 0.2) is 0 Å². The molecular formula is C20H30N2O3. The Morgan fingerprint density at radius 3 is 2.60 bits per heavy atom. The van der Waals surface area contributed by atoms with Crippen molar-refractivity contribution in [3.63, 3.8) is 0 Å². The Kier molecular flexibility index (Phi) is 6.84. The molecule has 1 aromatic rings. The van der Waals surface area contributed by atoms with Crippen LogP contribution < -0.4 is 5.32 Å². The standard InChI is InChI=1S/C20H30N2O3/c1-2-18(16-6-4-3-5-7-16)20(23)21-14-19(17-8-11-25-15-17)22-9-12-24-13-10-22/h3-7,17-19H,2,8-15H2,1H3,(H,21,23). The summed E-state index contributed by atoms with van der Waals surface area (Å²) in [7, 11) is 0. The van der Waals surface area contributed by atoms with E-state index in [-0.39, 0.29) is 11.8 Å². The van der Waals surface area contributed by atoms with Gasteiger partial charge in [-0.3, -0.25) is 9.69 Å². The van der Waals surface area contributed by atoms with E-state index >= 15 is 0 Å². The van der Waals surface area contributed by atoms with Crippen LogP contribution in [0.15, 0.2) is 30.3 Å². The van der Waals surface area contributed by atoms with E-state index in [0.29, 0.717) is 18.5 Å². The molecule has 1 N–H and O–H groups in total. The van der Waals surface area contributed by atoms with Crippen molar-refractivity contribution in [3.8, 4) is 0 Å². The summed E-state index contributed by atoms with van der Waals surface area (Å²) < 4.78 is 11.1. The number of nitrogens with zero attached hydrogens (tertiary/aromatic N) is 1. The Bertz CT molecular complexity index is 525. The molecule has 25 heavy (non-hydrogen) atoms. The SMILES string of the molecule is CCC(C(=O)NCC(C1CCOC1)N1CCOCC1)c1ccccc1. The van der Waals surface area contributed by atoms with Crippen LogP contribution in [0.3, 0.4) is 0 Å². The van der Waals surface area contributed by atoms with Crippen LogP contribution in [0.4, 0.5) is 0 Å². The Labute approximate surface area is 150 Å². The van der Waals surface area contributed by atoms with Gasteiger partial charge in [-0.1, -0.05) is 37.3 Å². The molecule has 138 valence electrons. The molecule has 0 aliphatic carbocycles. The Morgan fingerprint density at radius 2 is 1.96 bits per heavy atom. The predicted molar refractivity (Wildman–Crippen MR) is 97.6 cm³/mol. The molecule has 2 aliphatic heterocycles. The largest absolute Gasteiger partial charge is 0.381 e. The van der Waals surface area contributed by atoms with Crippen LogP contribution in [-0.4, -0.2) is 62.9 Å². The summed E-state index contributed by atoms with van der Waals surface area (Å²) in [6, 6.07) is 10.4. The minimum Gasteiger partial charge on any atom is -0.381 e. The summed E-state index contributed by atoms with van der Waals surface area (Å²) in [5.74, 6) is 0.549. The van der Waals surface area contributed by atoms with Gasteiger partial charge in [-0.05, 0) is 18.4 Å². The molecule has 3 atom stereocenters. The molecule has 2 fully saturated rings. The minimum absolute atomic E-state index is 0.0774. The Balaban J connectivity index is 1.62. The fraction of sp³-hybridized carbons (Fsp3) is 0.650. The highest BCUT2D eigenvalue weighted by atomic mass is 16.5. The van der Waals surface area contributed by atoms with Crippen LogP contribution in [0.25, 0.3) is 0 Å². The number of carbonyl (C=O) groups excluding carboxylic acids is 1. The number of carbonyl (C=O) groups is 1. The molecule has 5 heteroatoms.